The number of nitrogens with zero attached hydrogens (tertiary/aromatic N) is 3. The number of pyridine rings is 1. The van der Waals surface area contributed by atoms with Gasteiger partial charge in [0.25, 0.3) is 0 Å². The molecule has 4 heterocycles. The highest BCUT2D eigenvalue weighted by atomic mass is 16.5. The third-order valence-electron chi connectivity index (χ3n) is 5.43. The molecular weight excluding hydrogens is 342 g/mol. The van der Waals surface area contributed by atoms with Gasteiger partial charge in [-0.1, -0.05) is 6.07 Å². The van der Waals surface area contributed by atoms with E-state index in [0.29, 0.717) is 13.2 Å². The van der Waals surface area contributed by atoms with Crippen LogP contribution in [0.2, 0.25) is 0 Å². The van der Waals surface area contributed by atoms with Gasteiger partial charge in [-0.05, 0) is 43.5 Å². The molecule has 7 nitrogen and oxygen atoms in total. The molecule has 2 saturated heterocycles. The van der Waals surface area contributed by atoms with Crippen molar-refractivity contribution in [2.75, 3.05) is 13.1 Å². The predicted octanol–water partition coefficient (Wildman–Crippen LogP) is 1.54. The van der Waals surface area contributed by atoms with Crippen LogP contribution in [0.4, 0.5) is 0 Å². The second-order valence-electron chi connectivity index (χ2n) is 7.35. The molecule has 2 aliphatic rings. The number of amides is 1. The molecule has 0 saturated carbocycles. The van der Waals surface area contributed by atoms with E-state index in [1.165, 1.54) is 5.69 Å². The van der Waals surface area contributed by atoms with Crippen molar-refractivity contribution in [3.8, 4) is 0 Å². The second kappa shape index (κ2) is 8.21. The van der Waals surface area contributed by atoms with Crippen molar-refractivity contribution in [1.82, 2.24) is 25.3 Å². The highest BCUT2D eigenvalue weighted by Gasteiger charge is 2.35. The van der Waals surface area contributed by atoms with Crippen molar-refractivity contribution < 1.29 is 9.53 Å². The molecule has 2 aromatic heterocycles. The highest BCUT2D eigenvalue weighted by Crippen LogP contribution is 2.24. The zero-order chi connectivity index (χ0) is 18.6. The van der Waals surface area contributed by atoms with Gasteiger partial charge in [0.15, 0.2) is 0 Å². The van der Waals surface area contributed by atoms with Crippen LogP contribution in [0.3, 0.4) is 0 Å². The molecule has 144 valence electrons. The molecule has 2 N–H and O–H groups in total. The van der Waals surface area contributed by atoms with Crippen molar-refractivity contribution in [3.63, 3.8) is 0 Å². The summed E-state index contributed by atoms with van der Waals surface area (Å²) in [5.41, 5.74) is 8.57. The zero-order valence-electron chi connectivity index (χ0n) is 15.7. The van der Waals surface area contributed by atoms with E-state index in [-0.39, 0.29) is 24.1 Å². The number of nitrogens with one attached hydrogen (secondary N) is 2. The summed E-state index contributed by atoms with van der Waals surface area (Å²) in [6.45, 7) is 1.94. The molecule has 3 atom stereocenters. The minimum absolute atomic E-state index is 0.0720. The SMILES string of the molecule is Cn1cccc1C1CC(C(=O)N2CCCC(OCc3ccccn3)C2)NN1. The van der Waals surface area contributed by atoms with Crippen molar-refractivity contribution in [2.45, 2.75) is 44.1 Å². The van der Waals surface area contributed by atoms with E-state index in [1.807, 2.05) is 42.4 Å². The number of hydrogen-bond donors (Lipinski definition) is 2. The Bertz CT molecular complexity index is 763. The number of hydrogen-bond acceptors (Lipinski definition) is 5. The minimum Gasteiger partial charge on any atom is -0.370 e. The quantitative estimate of drug-likeness (QED) is 0.837. The van der Waals surface area contributed by atoms with Crippen LogP contribution in [0, 0.1) is 0 Å². The molecule has 4 rings (SSSR count). The van der Waals surface area contributed by atoms with Crippen LogP contribution in [-0.4, -0.2) is 45.6 Å². The van der Waals surface area contributed by atoms with Gasteiger partial charge in [-0.2, -0.15) is 0 Å². The molecule has 0 bridgehead atoms. The van der Waals surface area contributed by atoms with Gasteiger partial charge < -0.3 is 14.2 Å². The second-order valence-corrected chi connectivity index (χ2v) is 7.35. The van der Waals surface area contributed by atoms with E-state index in [1.54, 1.807) is 6.20 Å². The third kappa shape index (κ3) is 4.21. The first-order valence-electron chi connectivity index (χ1n) is 9.63. The lowest BCUT2D eigenvalue weighted by Gasteiger charge is -2.34. The van der Waals surface area contributed by atoms with Crippen LogP contribution in [0.25, 0.3) is 0 Å². The Morgan fingerprint density at radius 2 is 2.22 bits per heavy atom. The number of aromatic nitrogens is 2. The van der Waals surface area contributed by atoms with E-state index in [9.17, 15) is 4.79 Å². The van der Waals surface area contributed by atoms with Gasteiger partial charge in [-0.3, -0.25) is 9.78 Å². The average molecular weight is 369 g/mol. The van der Waals surface area contributed by atoms with Gasteiger partial charge in [0.1, 0.15) is 6.04 Å². The fourth-order valence-corrected chi connectivity index (χ4v) is 3.93. The number of ether oxygens (including phenoxy) is 1. The van der Waals surface area contributed by atoms with E-state index in [2.05, 4.69) is 26.5 Å². The van der Waals surface area contributed by atoms with Crippen molar-refractivity contribution >= 4 is 5.91 Å². The molecule has 2 aliphatic heterocycles. The van der Waals surface area contributed by atoms with E-state index in [0.717, 1.165) is 31.5 Å². The minimum atomic E-state index is -0.195. The molecular formula is C20H27N5O2. The number of aryl methyl sites for hydroxylation is 1. The number of likely N-dealkylation sites (tertiary alicyclic amines) is 1. The van der Waals surface area contributed by atoms with Crippen LogP contribution in [0.1, 0.15) is 36.7 Å². The Morgan fingerprint density at radius 1 is 1.30 bits per heavy atom. The largest absolute Gasteiger partial charge is 0.370 e. The molecule has 0 radical (unpaired) electrons. The van der Waals surface area contributed by atoms with Crippen LogP contribution >= 0.6 is 0 Å². The lowest BCUT2D eigenvalue weighted by Crippen LogP contribution is -2.50. The molecule has 7 heteroatoms. The standard InChI is InChI=1S/C20H27N5O2/c1-24-10-5-8-19(24)17-12-18(23-22-17)20(26)25-11-4-7-16(13-25)27-14-15-6-2-3-9-21-15/h2-3,5-6,8-10,16-18,22-23H,4,7,11-14H2,1H3. The van der Waals surface area contributed by atoms with Crippen LogP contribution in [0.15, 0.2) is 42.7 Å². The van der Waals surface area contributed by atoms with E-state index >= 15 is 0 Å². The topological polar surface area (TPSA) is 71.4 Å². The molecule has 2 fully saturated rings. The van der Waals surface area contributed by atoms with Gasteiger partial charge in [0, 0.05) is 38.2 Å². The summed E-state index contributed by atoms with van der Waals surface area (Å²) in [4.78, 5) is 19.2. The summed E-state index contributed by atoms with van der Waals surface area (Å²) in [5.74, 6) is 0.158. The third-order valence-corrected chi connectivity index (χ3v) is 5.43. The average Bonchev–Trinajstić information content (AvgIpc) is 3.35. The highest BCUT2D eigenvalue weighted by molar-refractivity contribution is 5.82. The van der Waals surface area contributed by atoms with Gasteiger partial charge in [-0.15, -0.1) is 0 Å². The van der Waals surface area contributed by atoms with Crippen LogP contribution in [-0.2, 0) is 23.2 Å². The molecule has 27 heavy (non-hydrogen) atoms. The summed E-state index contributed by atoms with van der Waals surface area (Å²) in [7, 11) is 2.03. The van der Waals surface area contributed by atoms with Crippen LogP contribution < -0.4 is 10.9 Å². The summed E-state index contributed by atoms with van der Waals surface area (Å²) in [6, 6.07) is 9.90. The van der Waals surface area contributed by atoms with Crippen molar-refractivity contribution in [2.24, 2.45) is 7.05 Å². The van der Waals surface area contributed by atoms with Gasteiger partial charge in [0.05, 0.1) is 24.4 Å². The number of hydrazine groups is 1. The number of carbonyl (C=O) groups excluding carboxylic acids is 1. The van der Waals surface area contributed by atoms with Gasteiger partial charge >= 0.3 is 0 Å². The fraction of sp³-hybridized carbons (Fsp3) is 0.500. The summed E-state index contributed by atoms with van der Waals surface area (Å²) in [5, 5.41) is 0. The molecule has 0 spiro atoms. The zero-order valence-corrected chi connectivity index (χ0v) is 15.7. The Morgan fingerprint density at radius 3 is 3.00 bits per heavy atom. The first-order valence-corrected chi connectivity index (χ1v) is 9.63. The lowest BCUT2D eigenvalue weighted by molar-refractivity contribution is -0.137. The first-order chi connectivity index (χ1) is 13.2. The maximum atomic E-state index is 13.0. The van der Waals surface area contributed by atoms with Gasteiger partial charge in [0.2, 0.25) is 5.91 Å². The lowest BCUT2D eigenvalue weighted by atomic mass is 10.0. The number of piperidine rings is 1. The number of carbonyl (C=O) groups is 1. The van der Waals surface area contributed by atoms with Crippen molar-refractivity contribution in [3.05, 3.63) is 54.1 Å². The van der Waals surface area contributed by atoms with E-state index < -0.39 is 0 Å². The van der Waals surface area contributed by atoms with E-state index in [4.69, 9.17) is 4.74 Å². The smallest absolute Gasteiger partial charge is 0.241 e. The van der Waals surface area contributed by atoms with Crippen molar-refractivity contribution in [1.29, 1.82) is 0 Å². The maximum Gasteiger partial charge on any atom is 0.241 e. The maximum absolute atomic E-state index is 13.0. The molecule has 2 aromatic rings. The molecule has 3 unspecified atom stereocenters. The monoisotopic (exact) mass is 369 g/mol. The summed E-state index contributed by atoms with van der Waals surface area (Å²) >= 11 is 0. The first kappa shape index (κ1) is 18.2. The fourth-order valence-electron chi connectivity index (χ4n) is 3.93. The Labute approximate surface area is 159 Å². The molecule has 1 amide bonds. The summed E-state index contributed by atoms with van der Waals surface area (Å²) < 4.78 is 8.10. The molecule has 0 aliphatic carbocycles. The number of rotatable bonds is 5. The Kier molecular flexibility index (Phi) is 5.52. The molecule has 0 aromatic carbocycles. The normalized spacial score (nSPS) is 25.7. The Balaban J connectivity index is 1.30. The van der Waals surface area contributed by atoms with Gasteiger partial charge in [-0.25, -0.2) is 10.9 Å². The predicted molar refractivity (Wildman–Crippen MR) is 101 cm³/mol. The van der Waals surface area contributed by atoms with Crippen LogP contribution in [0.5, 0.6) is 0 Å². The Hall–Kier alpha value is -2.22. The summed E-state index contributed by atoms with van der Waals surface area (Å²) in [6.07, 6.45) is 6.59.